The van der Waals surface area contributed by atoms with Crippen LogP contribution in [0.1, 0.15) is 22.6 Å². The van der Waals surface area contributed by atoms with E-state index in [1.807, 2.05) is 13.1 Å². The van der Waals surface area contributed by atoms with Crippen molar-refractivity contribution in [2.45, 2.75) is 26.8 Å². The van der Waals surface area contributed by atoms with Crippen LogP contribution in [-0.2, 0) is 13.0 Å². The summed E-state index contributed by atoms with van der Waals surface area (Å²) < 4.78 is 0. The molecule has 0 unspecified atom stereocenters. The van der Waals surface area contributed by atoms with Crippen molar-refractivity contribution < 1.29 is 0 Å². The van der Waals surface area contributed by atoms with E-state index in [2.05, 4.69) is 46.5 Å². The van der Waals surface area contributed by atoms with E-state index in [-0.39, 0.29) is 0 Å². The molecule has 0 radical (unpaired) electrons. The minimum absolute atomic E-state index is 0.854. The molecular weight excluding hydrogens is 210 g/mol. The van der Waals surface area contributed by atoms with Crippen LogP contribution in [0.5, 0.6) is 0 Å². The number of rotatable bonds is 5. The summed E-state index contributed by atoms with van der Waals surface area (Å²) in [5.74, 6) is 0.973. The van der Waals surface area contributed by atoms with Gasteiger partial charge in [0.1, 0.15) is 5.82 Å². The molecule has 0 bridgehead atoms. The van der Waals surface area contributed by atoms with Gasteiger partial charge in [-0.2, -0.15) is 0 Å². The number of nitrogens with one attached hydrogen (secondary N) is 2. The highest BCUT2D eigenvalue weighted by Gasteiger charge is 1.98. The smallest absolute Gasteiger partial charge is 0.103 e. The van der Waals surface area contributed by atoms with Gasteiger partial charge in [-0.25, -0.2) is 4.98 Å². The van der Waals surface area contributed by atoms with E-state index in [9.17, 15) is 0 Å². The SMILES string of the molecule is Cc1ncc(CNCCc2ccccc2C)[nH]1. The van der Waals surface area contributed by atoms with E-state index in [1.165, 1.54) is 11.1 Å². The van der Waals surface area contributed by atoms with Crippen LogP contribution in [0.15, 0.2) is 30.5 Å². The number of H-pyrrole nitrogens is 1. The number of hydrogen-bond acceptors (Lipinski definition) is 2. The number of hydrogen-bond donors (Lipinski definition) is 2. The van der Waals surface area contributed by atoms with Gasteiger partial charge in [-0.05, 0) is 37.9 Å². The van der Waals surface area contributed by atoms with E-state index >= 15 is 0 Å². The third kappa shape index (κ3) is 3.43. The van der Waals surface area contributed by atoms with Crippen molar-refractivity contribution >= 4 is 0 Å². The third-order valence-electron chi connectivity index (χ3n) is 2.90. The first-order chi connectivity index (χ1) is 8.25. The number of benzene rings is 1. The van der Waals surface area contributed by atoms with Gasteiger partial charge in [0.25, 0.3) is 0 Å². The number of nitrogens with zero attached hydrogens (tertiary/aromatic N) is 1. The second-order valence-corrected chi connectivity index (χ2v) is 4.35. The van der Waals surface area contributed by atoms with Crippen molar-refractivity contribution in [1.82, 2.24) is 15.3 Å². The van der Waals surface area contributed by atoms with Crippen LogP contribution in [0.25, 0.3) is 0 Å². The second-order valence-electron chi connectivity index (χ2n) is 4.35. The van der Waals surface area contributed by atoms with E-state index < -0.39 is 0 Å². The van der Waals surface area contributed by atoms with Gasteiger partial charge in [0.05, 0.1) is 0 Å². The summed E-state index contributed by atoms with van der Waals surface area (Å²) in [5.41, 5.74) is 3.93. The Morgan fingerprint density at radius 3 is 2.76 bits per heavy atom. The minimum atomic E-state index is 0.854. The molecule has 0 aliphatic heterocycles. The molecule has 1 heterocycles. The van der Waals surface area contributed by atoms with Crippen LogP contribution < -0.4 is 5.32 Å². The molecule has 0 aliphatic carbocycles. The predicted molar refractivity (Wildman–Crippen MR) is 69.9 cm³/mol. The Hall–Kier alpha value is -1.61. The van der Waals surface area contributed by atoms with Crippen molar-refractivity contribution in [3.05, 3.63) is 53.1 Å². The van der Waals surface area contributed by atoms with E-state index in [0.717, 1.165) is 31.0 Å². The van der Waals surface area contributed by atoms with Crippen LogP contribution in [0.2, 0.25) is 0 Å². The van der Waals surface area contributed by atoms with E-state index in [4.69, 9.17) is 0 Å². The minimum Gasteiger partial charge on any atom is -0.345 e. The number of aromatic amines is 1. The van der Waals surface area contributed by atoms with Crippen molar-refractivity contribution in [1.29, 1.82) is 0 Å². The molecule has 0 saturated heterocycles. The van der Waals surface area contributed by atoms with E-state index in [1.54, 1.807) is 0 Å². The first kappa shape index (κ1) is 11.9. The monoisotopic (exact) mass is 229 g/mol. The van der Waals surface area contributed by atoms with Gasteiger partial charge in [-0.1, -0.05) is 24.3 Å². The molecule has 2 N–H and O–H groups in total. The predicted octanol–water partition coefficient (Wildman–Crippen LogP) is 2.36. The molecule has 1 aromatic carbocycles. The van der Waals surface area contributed by atoms with E-state index in [0.29, 0.717) is 0 Å². The Morgan fingerprint density at radius 2 is 2.06 bits per heavy atom. The van der Waals surface area contributed by atoms with Crippen molar-refractivity contribution in [2.75, 3.05) is 6.54 Å². The number of imidazole rings is 1. The zero-order chi connectivity index (χ0) is 12.1. The second kappa shape index (κ2) is 5.64. The molecule has 3 nitrogen and oxygen atoms in total. The Balaban J connectivity index is 1.75. The lowest BCUT2D eigenvalue weighted by Gasteiger charge is -2.06. The van der Waals surface area contributed by atoms with Crippen LogP contribution in [0.4, 0.5) is 0 Å². The summed E-state index contributed by atoms with van der Waals surface area (Å²) in [6, 6.07) is 8.53. The maximum Gasteiger partial charge on any atom is 0.103 e. The van der Waals surface area contributed by atoms with Crippen molar-refractivity contribution in [2.24, 2.45) is 0 Å². The number of aromatic nitrogens is 2. The fourth-order valence-corrected chi connectivity index (χ4v) is 1.90. The van der Waals surface area contributed by atoms with Crippen LogP contribution in [0.3, 0.4) is 0 Å². The Kier molecular flexibility index (Phi) is 3.94. The molecule has 0 spiro atoms. The molecule has 0 atom stereocenters. The van der Waals surface area contributed by atoms with Crippen LogP contribution >= 0.6 is 0 Å². The van der Waals surface area contributed by atoms with Gasteiger partial charge in [0.2, 0.25) is 0 Å². The summed E-state index contributed by atoms with van der Waals surface area (Å²) in [6.07, 6.45) is 2.95. The Bertz CT molecular complexity index is 474. The molecule has 0 amide bonds. The summed E-state index contributed by atoms with van der Waals surface area (Å²) in [7, 11) is 0. The molecule has 90 valence electrons. The highest BCUT2D eigenvalue weighted by atomic mass is 14.9. The molecule has 2 rings (SSSR count). The fraction of sp³-hybridized carbons (Fsp3) is 0.357. The normalized spacial score (nSPS) is 10.7. The lowest BCUT2D eigenvalue weighted by Crippen LogP contribution is -2.17. The van der Waals surface area contributed by atoms with Gasteiger partial charge < -0.3 is 10.3 Å². The summed E-state index contributed by atoms with van der Waals surface area (Å²) in [6.45, 7) is 5.97. The maximum atomic E-state index is 4.17. The van der Waals surface area contributed by atoms with Gasteiger partial charge in [0.15, 0.2) is 0 Å². The van der Waals surface area contributed by atoms with Crippen LogP contribution in [-0.4, -0.2) is 16.5 Å². The number of aryl methyl sites for hydroxylation is 2. The van der Waals surface area contributed by atoms with Gasteiger partial charge in [-0.15, -0.1) is 0 Å². The fourth-order valence-electron chi connectivity index (χ4n) is 1.90. The van der Waals surface area contributed by atoms with Gasteiger partial charge >= 0.3 is 0 Å². The zero-order valence-electron chi connectivity index (χ0n) is 10.5. The van der Waals surface area contributed by atoms with Crippen molar-refractivity contribution in [3.8, 4) is 0 Å². The first-order valence-electron chi connectivity index (χ1n) is 6.01. The summed E-state index contributed by atoms with van der Waals surface area (Å²) in [5, 5.41) is 3.42. The standard InChI is InChI=1S/C14H19N3/c1-11-5-3-4-6-13(11)7-8-15-9-14-10-16-12(2)17-14/h3-6,10,15H,7-9H2,1-2H3,(H,16,17). The Morgan fingerprint density at radius 1 is 1.24 bits per heavy atom. The molecule has 1 aromatic heterocycles. The van der Waals surface area contributed by atoms with Gasteiger partial charge in [-0.3, -0.25) is 0 Å². The Labute approximate surface area is 102 Å². The molecule has 0 aliphatic rings. The lowest BCUT2D eigenvalue weighted by atomic mass is 10.1. The quantitative estimate of drug-likeness (QED) is 0.773. The maximum absolute atomic E-state index is 4.17. The van der Waals surface area contributed by atoms with Crippen LogP contribution in [0, 0.1) is 13.8 Å². The summed E-state index contributed by atoms with van der Waals surface area (Å²) in [4.78, 5) is 7.38. The van der Waals surface area contributed by atoms with Crippen molar-refractivity contribution in [3.63, 3.8) is 0 Å². The zero-order valence-corrected chi connectivity index (χ0v) is 10.5. The molecule has 3 heteroatoms. The molecular formula is C14H19N3. The lowest BCUT2D eigenvalue weighted by molar-refractivity contribution is 0.675. The molecule has 17 heavy (non-hydrogen) atoms. The topological polar surface area (TPSA) is 40.7 Å². The molecule has 0 fully saturated rings. The van der Waals surface area contributed by atoms with Gasteiger partial charge in [0, 0.05) is 18.4 Å². The highest BCUT2D eigenvalue weighted by molar-refractivity contribution is 5.25. The summed E-state index contributed by atoms with van der Waals surface area (Å²) >= 11 is 0. The molecule has 0 saturated carbocycles. The average Bonchev–Trinajstić information content (AvgIpc) is 2.73. The average molecular weight is 229 g/mol. The largest absolute Gasteiger partial charge is 0.345 e. The third-order valence-corrected chi connectivity index (χ3v) is 2.90. The highest BCUT2D eigenvalue weighted by Crippen LogP contribution is 2.06. The molecule has 2 aromatic rings. The first-order valence-corrected chi connectivity index (χ1v) is 6.01.